The molecule has 0 radical (unpaired) electrons. The molecule has 2 N–H and O–H groups in total. The molecule has 0 spiro atoms. The molecule has 0 amide bonds. The maximum atomic E-state index is 13.0. The Hall–Kier alpha value is -1.71. The minimum atomic E-state index is -0.939. The molecule has 0 aliphatic heterocycles. The Balaban J connectivity index is 2.10. The minimum Gasteiger partial charge on any atom is -0.390 e. The maximum Gasteiger partial charge on any atom is 0.123 e. The fourth-order valence-corrected chi connectivity index (χ4v) is 2.10. The van der Waals surface area contributed by atoms with Gasteiger partial charge in [-0.15, -0.1) is 0 Å². The predicted octanol–water partition coefficient (Wildman–Crippen LogP) is 2.77. The molecule has 2 nitrogen and oxygen atoms in total. The summed E-state index contributed by atoms with van der Waals surface area (Å²) in [5.41, 5.74) is 2.29. The SMILES string of the molecule is Cc1cc(F)ccc1CC(O)C(O)c1ccccc1. The quantitative estimate of drug-likeness (QED) is 0.887. The van der Waals surface area contributed by atoms with Crippen molar-refractivity contribution in [3.63, 3.8) is 0 Å². The van der Waals surface area contributed by atoms with Crippen molar-refractivity contribution in [1.82, 2.24) is 0 Å². The van der Waals surface area contributed by atoms with Crippen LogP contribution in [0.3, 0.4) is 0 Å². The van der Waals surface area contributed by atoms with Crippen molar-refractivity contribution < 1.29 is 14.6 Å². The molecule has 2 aromatic rings. The topological polar surface area (TPSA) is 40.5 Å². The number of benzene rings is 2. The van der Waals surface area contributed by atoms with Crippen molar-refractivity contribution >= 4 is 0 Å². The third kappa shape index (κ3) is 3.40. The normalized spacial score (nSPS) is 14.1. The zero-order valence-electron chi connectivity index (χ0n) is 10.8. The molecular formula is C16H17FO2. The first kappa shape index (κ1) is 13.7. The van der Waals surface area contributed by atoms with Gasteiger partial charge in [0.15, 0.2) is 0 Å². The highest BCUT2D eigenvalue weighted by Gasteiger charge is 2.19. The van der Waals surface area contributed by atoms with Crippen LogP contribution in [0.4, 0.5) is 4.39 Å². The van der Waals surface area contributed by atoms with E-state index in [2.05, 4.69) is 0 Å². The maximum absolute atomic E-state index is 13.0. The lowest BCUT2D eigenvalue weighted by atomic mass is 9.96. The van der Waals surface area contributed by atoms with Crippen LogP contribution in [0.1, 0.15) is 22.8 Å². The minimum absolute atomic E-state index is 0.292. The van der Waals surface area contributed by atoms with Crippen LogP contribution in [-0.4, -0.2) is 16.3 Å². The summed E-state index contributed by atoms with van der Waals surface area (Å²) in [5.74, 6) is -0.292. The van der Waals surface area contributed by atoms with Crippen molar-refractivity contribution in [1.29, 1.82) is 0 Å². The van der Waals surface area contributed by atoms with E-state index in [1.807, 2.05) is 18.2 Å². The second-order valence-electron chi connectivity index (χ2n) is 4.70. The molecule has 0 heterocycles. The smallest absolute Gasteiger partial charge is 0.123 e. The summed E-state index contributed by atoms with van der Waals surface area (Å²) in [6.07, 6.45) is -1.56. The number of halogens is 1. The van der Waals surface area contributed by atoms with E-state index >= 15 is 0 Å². The number of hydrogen-bond acceptors (Lipinski definition) is 2. The highest BCUT2D eigenvalue weighted by molar-refractivity contribution is 5.28. The number of rotatable bonds is 4. The summed E-state index contributed by atoms with van der Waals surface area (Å²) in [7, 11) is 0. The molecule has 0 saturated carbocycles. The fourth-order valence-electron chi connectivity index (χ4n) is 2.10. The van der Waals surface area contributed by atoms with Gasteiger partial charge >= 0.3 is 0 Å². The third-order valence-corrected chi connectivity index (χ3v) is 3.24. The predicted molar refractivity (Wildman–Crippen MR) is 72.2 cm³/mol. The van der Waals surface area contributed by atoms with E-state index in [9.17, 15) is 14.6 Å². The molecule has 3 heteroatoms. The van der Waals surface area contributed by atoms with E-state index in [4.69, 9.17) is 0 Å². The van der Waals surface area contributed by atoms with Crippen LogP contribution in [0.5, 0.6) is 0 Å². The Kier molecular flexibility index (Phi) is 4.30. The number of hydrogen-bond donors (Lipinski definition) is 2. The highest BCUT2D eigenvalue weighted by atomic mass is 19.1. The van der Waals surface area contributed by atoms with Gasteiger partial charge < -0.3 is 10.2 Å². The molecule has 19 heavy (non-hydrogen) atoms. The number of aliphatic hydroxyl groups is 2. The van der Waals surface area contributed by atoms with Crippen LogP contribution in [0.15, 0.2) is 48.5 Å². The van der Waals surface area contributed by atoms with Gasteiger partial charge in [-0.1, -0.05) is 36.4 Å². The van der Waals surface area contributed by atoms with Gasteiger partial charge in [0.05, 0.1) is 6.10 Å². The lowest BCUT2D eigenvalue weighted by Gasteiger charge is -2.19. The zero-order valence-corrected chi connectivity index (χ0v) is 10.8. The average Bonchev–Trinajstić information content (AvgIpc) is 2.42. The number of aryl methyl sites for hydroxylation is 1. The van der Waals surface area contributed by atoms with Crippen molar-refractivity contribution in [2.45, 2.75) is 25.6 Å². The van der Waals surface area contributed by atoms with Crippen molar-refractivity contribution in [3.05, 3.63) is 71.0 Å². The van der Waals surface area contributed by atoms with E-state index in [0.717, 1.165) is 11.1 Å². The standard InChI is InChI=1S/C16H17FO2/c1-11-9-14(17)8-7-13(11)10-15(18)16(19)12-5-3-2-4-6-12/h2-9,15-16,18-19H,10H2,1H3. The lowest BCUT2D eigenvalue weighted by molar-refractivity contribution is 0.0189. The molecule has 0 aliphatic rings. The molecule has 2 rings (SSSR count). The molecule has 2 aromatic carbocycles. The Morgan fingerprint density at radius 3 is 2.37 bits per heavy atom. The summed E-state index contributed by atoms with van der Waals surface area (Å²) in [6.45, 7) is 1.79. The summed E-state index contributed by atoms with van der Waals surface area (Å²) in [5, 5.41) is 20.1. The molecular weight excluding hydrogens is 243 g/mol. The Bertz CT molecular complexity index is 540. The van der Waals surface area contributed by atoms with Gasteiger partial charge in [-0.3, -0.25) is 0 Å². The Morgan fingerprint density at radius 1 is 1.05 bits per heavy atom. The van der Waals surface area contributed by atoms with Gasteiger partial charge in [-0.25, -0.2) is 4.39 Å². The van der Waals surface area contributed by atoms with Crippen LogP contribution in [0.2, 0.25) is 0 Å². The molecule has 0 aromatic heterocycles. The molecule has 2 atom stereocenters. The largest absolute Gasteiger partial charge is 0.390 e. The van der Waals surface area contributed by atoms with Crippen LogP contribution in [0, 0.1) is 12.7 Å². The Labute approximate surface area is 112 Å². The van der Waals surface area contributed by atoms with Crippen molar-refractivity contribution in [2.24, 2.45) is 0 Å². The van der Waals surface area contributed by atoms with Crippen LogP contribution < -0.4 is 0 Å². The molecule has 2 unspecified atom stereocenters. The van der Waals surface area contributed by atoms with E-state index < -0.39 is 12.2 Å². The highest BCUT2D eigenvalue weighted by Crippen LogP contribution is 2.21. The summed E-state index contributed by atoms with van der Waals surface area (Å²) >= 11 is 0. The van der Waals surface area contributed by atoms with Crippen molar-refractivity contribution in [2.75, 3.05) is 0 Å². The van der Waals surface area contributed by atoms with Crippen LogP contribution >= 0.6 is 0 Å². The van der Waals surface area contributed by atoms with Gasteiger partial charge in [0.2, 0.25) is 0 Å². The van der Waals surface area contributed by atoms with E-state index in [-0.39, 0.29) is 5.82 Å². The van der Waals surface area contributed by atoms with Gasteiger partial charge in [0, 0.05) is 6.42 Å². The molecule has 0 bridgehead atoms. The first-order valence-corrected chi connectivity index (χ1v) is 6.24. The molecule has 0 saturated heterocycles. The zero-order chi connectivity index (χ0) is 13.8. The molecule has 0 aliphatic carbocycles. The van der Waals surface area contributed by atoms with Gasteiger partial charge in [0.25, 0.3) is 0 Å². The summed E-state index contributed by atoms with van der Waals surface area (Å²) < 4.78 is 13.0. The second kappa shape index (κ2) is 5.95. The monoisotopic (exact) mass is 260 g/mol. The third-order valence-electron chi connectivity index (χ3n) is 3.24. The first-order valence-electron chi connectivity index (χ1n) is 6.24. The first-order chi connectivity index (χ1) is 9.08. The van der Waals surface area contributed by atoms with E-state index in [0.29, 0.717) is 12.0 Å². The average molecular weight is 260 g/mol. The second-order valence-corrected chi connectivity index (χ2v) is 4.70. The summed E-state index contributed by atoms with van der Waals surface area (Å²) in [4.78, 5) is 0. The number of aliphatic hydroxyl groups excluding tert-OH is 2. The molecule has 100 valence electrons. The molecule has 0 fully saturated rings. The van der Waals surface area contributed by atoms with Gasteiger partial charge in [-0.05, 0) is 35.7 Å². The Morgan fingerprint density at radius 2 is 1.74 bits per heavy atom. The fraction of sp³-hybridized carbons (Fsp3) is 0.250. The lowest BCUT2D eigenvalue weighted by Crippen LogP contribution is -2.21. The van der Waals surface area contributed by atoms with Crippen LogP contribution in [0.25, 0.3) is 0 Å². The van der Waals surface area contributed by atoms with E-state index in [1.165, 1.54) is 12.1 Å². The van der Waals surface area contributed by atoms with Gasteiger partial charge in [0.1, 0.15) is 11.9 Å². The van der Waals surface area contributed by atoms with Crippen LogP contribution in [-0.2, 0) is 6.42 Å². The van der Waals surface area contributed by atoms with E-state index in [1.54, 1.807) is 25.1 Å². The van der Waals surface area contributed by atoms with Gasteiger partial charge in [-0.2, -0.15) is 0 Å². The summed E-state index contributed by atoms with van der Waals surface area (Å²) in [6, 6.07) is 13.5. The van der Waals surface area contributed by atoms with Crippen molar-refractivity contribution in [3.8, 4) is 0 Å².